The number of fused-ring (bicyclic) bond motifs is 4. The minimum atomic E-state index is -0.818. The number of hydrogen-bond acceptors (Lipinski definition) is 7. The Bertz CT molecular complexity index is 1280. The first kappa shape index (κ1) is 25.3. The number of benzene rings is 2. The smallest absolute Gasteiger partial charge is 0.346 e. The third-order valence-corrected chi connectivity index (χ3v) is 7.80. The first-order valence-electron chi connectivity index (χ1n) is 12.9. The van der Waals surface area contributed by atoms with Gasteiger partial charge in [-0.15, -0.1) is 0 Å². The van der Waals surface area contributed by atoms with Crippen LogP contribution in [-0.2, 0) is 16.1 Å². The van der Waals surface area contributed by atoms with Crippen LogP contribution in [0.25, 0.3) is 0 Å². The molecule has 1 aliphatic heterocycles. The van der Waals surface area contributed by atoms with Gasteiger partial charge in [-0.2, -0.15) is 0 Å². The minimum absolute atomic E-state index is 0.0630. The van der Waals surface area contributed by atoms with Gasteiger partial charge >= 0.3 is 11.9 Å². The van der Waals surface area contributed by atoms with Crippen LogP contribution < -0.4 is 14.2 Å². The molecule has 7 heteroatoms. The van der Waals surface area contributed by atoms with Crippen molar-refractivity contribution in [1.29, 1.82) is 0 Å². The summed E-state index contributed by atoms with van der Waals surface area (Å²) in [5.74, 6) is 0.957. The zero-order valence-corrected chi connectivity index (χ0v) is 22.0. The summed E-state index contributed by atoms with van der Waals surface area (Å²) >= 11 is 0. The Hall–Kier alpha value is -3.32. The van der Waals surface area contributed by atoms with Gasteiger partial charge in [-0.05, 0) is 80.7 Å². The lowest BCUT2D eigenvalue weighted by Crippen LogP contribution is -2.35. The first-order chi connectivity index (χ1) is 17.6. The molecular weight excluding hydrogens is 472 g/mol. The highest BCUT2D eigenvalue weighted by Crippen LogP contribution is 2.53. The number of carbonyl (C=O) groups is 2. The fraction of sp³-hybridized carbons (Fsp3) is 0.467. The summed E-state index contributed by atoms with van der Waals surface area (Å²) in [7, 11) is 1.45. The summed E-state index contributed by atoms with van der Waals surface area (Å²) < 4.78 is 23.6. The van der Waals surface area contributed by atoms with Crippen molar-refractivity contribution in [3.63, 3.8) is 0 Å². The molecule has 4 atom stereocenters. The number of esters is 2. The van der Waals surface area contributed by atoms with E-state index in [1.54, 1.807) is 18.2 Å². The Morgan fingerprint density at radius 1 is 1.24 bits per heavy atom. The van der Waals surface area contributed by atoms with Crippen LogP contribution >= 0.6 is 0 Å². The summed E-state index contributed by atoms with van der Waals surface area (Å²) in [5, 5.41) is 10.8. The molecule has 196 valence electrons. The number of carbonyl (C=O) groups excluding carboxylic acids is 2. The van der Waals surface area contributed by atoms with Crippen LogP contribution in [0.15, 0.2) is 36.4 Å². The Morgan fingerprint density at radius 2 is 2.03 bits per heavy atom. The maximum atomic E-state index is 13.4. The van der Waals surface area contributed by atoms with E-state index in [2.05, 4.69) is 12.2 Å². The van der Waals surface area contributed by atoms with Crippen LogP contribution in [-0.4, -0.2) is 24.2 Å². The number of methoxy groups -OCH3 is 1. The predicted molar refractivity (Wildman–Crippen MR) is 137 cm³/mol. The van der Waals surface area contributed by atoms with E-state index in [1.807, 2.05) is 33.8 Å². The lowest BCUT2D eigenvalue weighted by Gasteiger charge is -2.29. The monoisotopic (exact) mass is 506 g/mol. The maximum Gasteiger partial charge on any atom is 0.346 e. The third-order valence-electron chi connectivity index (χ3n) is 7.80. The van der Waals surface area contributed by atoms with Gasteiger partial charge < -0.3 is 24.1 Å². The van der Waals surface area contributed by atoms with Gasteiger partial charge in [0, 0.05) is 11.1 Å². The summed E-state index contributed by atoms with van der Waals surface area (Å²) in [5.41, 5.74) is 1.44. The van der Waals surface area contributed by atoms with Crippen molar-refractivity contribution in [2.45, 2.75) is 59.7 Å². The largest absolute Gasteiger partial charge is 0.495 e. The van der Waals surface area contributed by atoms with E-state index in [9.17, 15) is 14.7 Å². The number of rotatable bonds is 6. The number of aliphatic hydroxyl groups excluding tert-OH is 1. The maximum absolute atomic E-state index is 13.4. The number of cyclic esters (lactones) is 1. The van der Waals surface area contributed by atoms with Crippen LogP contribution in [0.2, 0.25) is 0 Å². The van der Waals surface area contributed by atoms with Crippen molar-refractivity contribution in [2.24, 2.45) is 23.2 Å². The second-order valence-corrected chi connectivity index (χ2v) is 11.1. The molecule has 0 amide bonds. The Kier molecular flexibility index (Phi) is 6.52. The highest BCUT2D eigenvalue weighted by atomic mass is 16.6. The molecule has 2 bridgehead atoms. The lowest BCUT2D eigenvalue weighted by molar-refractivity contribution is -0.146. The zero-order chi connectivity index (χ0) is 26.5. The Morgan fingerprint density at radius 3 is 2.68 bits per heavy atom. The minimum Gasteiger partial charge on any atom is -0.495 e. The van der Waals surface area contributed by atoms with E-state index < -0.39 is 17.5 Å². The summed E-state index contributed by atoms with van der Waals surface area (Å²) in [6, 6.07) is 6.94. The average Bonchev–Trinajstić information content (AvgIpc) is 3.43. The molecular formula is C30H34O7. The van der Waals surface area contributed by atoms with Crippen LogP contribution in [0.5, 0.6) is 23.0 Å². The van der Waals surface area contributed by atoms with E-state index in [0.717, 1.165) is 18.4 Å². The SMILES string of the molecule is COc1c([C@@H](O)CC(C)C)ccc2c1C(=O)OCc1cc(C)cc(OC(=O)C3(C)CC4C=CC3C4)c1O2. The van der Waals surface area contributed by atoms with Gasteiger partial charge in [0.2, 0.25) is 0 Å². The summed E-state index contributed by atoms with van der Waals surface area (Å²) in [6.45, 7) is 7.81. The van der Waals surface area contributed by atoms with Crippen molar-refractivity contribution in [2.75, 3.05) is 7.11 Å². The van der Waals surface area contributed by atoms with Crippen LogP contribution in [0.4, 0.5) is 0 Å². The molecule has 0 spiro atoms. The summed E-state index contributed by atoms with van der Waals surface area (Å²) in [4.78, 5) is 26.6. The molecule has 0 aromatic heterocycles. The lowest BCUT2D eigenvalue weighted by atomic mass is 9.78. The van der Waals surface area contributed by atoms with Gasteiger partial charge in [0.25, 0.3) is 0 Å². The van der Waals surface area contributed by atoms with Crippen LogP contribution in [0.3, 0.4) is 0 Å². The molecule has 5 rings (SSSR count). The first-order valence-corrected chi connectivity index (χ1v) is 12.9. The molecule has 1 saturated carbocycles. The zero-order valence-electron chi connectivity index (χ0n) is 22.0. The van der Waals surface area contributed by atoms with E-state index in [0.29, 0.717) is 35.0 Å². The standard InChI is InChI=1S/C30H34O7/c1-16(2)10-22(31)21-8-9-23-25(27(21)34-5)28(32)35-15-19-11-17(3)12-24(26(19)36-23)37-29(33)30(4)14-18-6-7-20(30)13-18/h6-9,11-12,16,18,20,22,31H,10,13-15H2,1-5H3/t18?,20?,22-,30?/m0/s1. The summed E-state index contributed by atoms with van der Waals surface area (Å²) in [6.07, 6.45) is 5.74. The van der Waals surface area contributed by atoms with Gasteiger partial charge in [-0.3, -0.25) is 4.79 Å². The molecule has 1 heterocycles. The average molecular weight is 507 g/mol. The number of aryl methyl sites for hydroxylation is 1. The second kappa shape index (κ2) is 9.53. The molecule has 2 aromatic carbocycles. The highest BCUT2D eigenvalue weighted by molar-refractivity contribution is 5.97. The second-order valence-electron chi connectivity index (χ2n) is 11.1. The molecule has 7 nitrogen and oxygen atoms in total. The Labute approximate surface area is 217 Å². The van der Waals surface area contributed by atoms with Crippen molar-refractivity contribution < 1.29 is 33.6 Å². The molecule has 2 aliphatic carbocycles. The van der Waals surface area contributed by atoms with Crippen LogP contribution in [0, 0.1) is 30.1 Å². The predicted octanol–water partition coefficient (Wildman–Crippen LogP) is 6.05. The highest BCUT2D eigenvalue weighted by Gasteiger charge is 2.51. The van der Waals surface area contributed by atoms with E-state index in [4.69, 9.17) is 18.9 Å². The topological polar surface area (TPSA) is 91.3 Å². The number of hydrogen-bond donors (Lipinski definition) is 1. The van der Waals surface area contributed by atoms with E-state index >= 15 is 0 Å². The Balaban J connectivity index is 1.53. The van der Waals surface area contributed by atoms with E-state index in [-0.39, 0.29) is 41.5 Å². The molecule has 1 N–H and O–H groups in total. The molecule has 2 aromatic rings. The van der Waals surface area contributed by atoms with Gasteiger partial charge in [0.05, 0.1) is 18.6 Å². The van der Waals surface area contributed by atoms with Gasteiger partial charge in [0.1, 0.15) is 23.7 Å². The van der Waals surface area contributed by atoms with Crippen molar-refractivity contribution >= 4 is 11.9 Å². The van der Waals surface area contributed by atoms with Crippen molar-refractivity contribution in [3.05, 3.63) is 58.7 Å². The normalized spacial score (nSPS) is 24.5. The molecule has 3 unspecified atom stereocenters. The fourth-order valence-electron chi connectivity index (χ4n) is 5.90. The van der Waals surface area contributed by atoms with Gasteiger partial charge in [-0.25, -0.2) is 4.79 Å². The molecule has 0 radical (unpaired) electrons. The van der Waals surface area contributed by atoms with Crippen LogP contribution in [0.1, 0.15) is 73.2 Å². The van der Waals surface area contributed by atoms with Gasteiger partial charge in [0.15, 0.2) is 11.5 Å². The number of aliphatic hydroxyl groups is 1. The fourth-order valence-corrected chi connectivity index (χ4v) is 5.90. The molecule has 0 saturated heterocycles. The van der Waals surface area contributed by atoms with Crippen molar-refractivity contribution in [1.82, 2.24) is 0 Å². The molecule has 37 heavy (non-hydrogen) atoms. The molecule has 1 fully saturated rings. The quantitative estimate of drug-likeness (QED) is 0.290. The molecule has 3 aliphatic rings. The number of ether oxygens (including phenoxy) is 4. The number of allylic oxidation sites excluding steroid dienone is 2. The van der Waals surface area contributed by atoms with Crippen molar-refractivity contribution in [3.8, 4) is 23.0 Å². The van der Waals surface area contributed by atoms with E-state index in [1.165, 1.54) is 7.11 Å². The third kappa shape index (κ3) is 4.50. The van der Waals surface area contributed by atoms with Gasteiger partial charge in [-0.1, -0.05) is 26.0 Å².